The predicted octanol–water partition coefficient (Wildman–Crippen LogP) is 3.04. The second kappa shape index (κ2) is 6.49. The summed E-state index contributed by atoms with van der Waals surface area (Å²) in [5.74, 6) is 1.39. The van der Waals surface area contributed by atoms with Crippen LogP contribution in [0.15, 0.2) is 22.7 Å². The van der Waals surface area contributed by atoms with Crippen LogP contribution in [0.4, 0.5) is 0 Å². The predicted molar refractivity (Wildman–Crippen MR) is 85.9 cm³/mol. The van der Waals surface area contributed by atoms with Crippen molar-refractivity contribution in [1.29, 1.82) is 0 Å². The molecule has 6 heteroatoms. The average Bonchev–Trinajstić information content (AvgIpc) is 2.87. The van der Waals surface area contributed by atoms with Crippen molar-refractivity contribution in [3.05, 3.63) is 39.6 Å². The number of rotatable bonds is 5. The zero-order valence-electron chi connectivity index (χ0n) is 12.7. The molecule has 2 rings (SSSR count). The van der Waals surface area contributed by atoms with Gasteiger partial charge in [0.2, 0.25) is 0 Å². The quantitative estimate of drug-likeness (QED) is 0.897. The molecule has 0 bridgehead atoms. The number of ether oxygens (including phenoxy) is 2. The first kappa shape index (κ1) is 15.9. The van der Waals surface area contributed by atoms with E-state index < -0.39 is 0 Å². The Balaban J connectivity index is 2.52. The van der Waals surface area contributed by atoms with E-state index in [1.165, 1.54) is 0 Å². The van der Waals surface area contributed by atoms with Gasteiger partial charge in [-0.05, 0) is 48.0 Å². The number of aryl methyl sites for hydroxylation is 2. The van der Waals surface area contributed by atoms with E-state index >= 15 is 0 Å². The van der Waals surface area contributed by atoms with Crippen molar-refractivity contribution in [2.45, 2.75) is 26.4 Å². The van der Waals surface area contributed by atoms with Crippen molar-refractivity contribution in [1.82, 2.24) is 9.78 Å². The summed E-state index contributed by atoms with van der Waals surface area (Å²) in [6.07, 6.45) is 0. The Labute approximate surface area is 133 Å². The highest BCUT2D eigenvalue weighted by Crippen LogP contribution is 2.40. The summed E-state index contributed by atoms with van der Waals surface area (Å²) in [5.41, 5.74) is 9.24. The average molecular weight is 354 g/mol. The van der Waals surface area contributed by atoms with Crippen LogP contribution in [0.2, 0.25) is 0 Å². The molecule has 2 N–H and O–H groups in total. The molecule has 1 heterocycles. The van der Waals surface area contributed by atoms with Gasteiger partial charge in [-0.15, -0.1) is 0 Å². The Bertz CT molecular complexity index is 640. The van der Waals surface area contributed by atoms with Gasteiger partial charge in [0.25, 0.3) is 0 Å². The van der Waals surface area contributed by atoms with Crippen LogP contribution in [0, 0.1) is 6.92 Å². The molecule has 1 unspecified atom stereocenters. The van der Waals surface area contributed by atoms with Gasteiger partial charge in [0.1, 0.15) is 16.0 Å². The SMILES string of the molecule is CCn1nc(C)cc1C(N)c1ccc(OC)c(Br)c1OC. The van der Waals surface area contributed by atoms with Crippen molar-refractivity contribution in [3.63, 3.8) is 0 Å². The molecule has 114 valence electrons. The van der Waals surface area contributed by atoms with Gasteiger partial charge >= 0.3 is 0 Å². The fraction of sp³-hybridized carbons (Fsp3) is 0.400. The highest BCUT2D eigenvalue weighted by atomic mass is 79.9. The first-order chi connectivity index (χ1) is 10.0. The van der Waals surface area contributed by atoms with Gasteiger partial charge in [-0.3, -0.25) is 4.68 Å². The third kappa shape index (κ3) is 2.91. The van der Waals surface area contributed by atoms with E-state index in [0.717, 1.165) is 28.0 Å². The van der Waals surface area contributed by atoms with E-state index in [4.69, 9.17) is 15.2 Å². The summed E-state index contributed by atoms with van der Waals surface area (Å²) >= 11 is 3.51. The maximum atomic E-state index is 6.44. The number of halogens is 1. The number of hydrogen-bond donors (Lipinski definition) is 1. The maximum absolute atomic E-state index is 6.44. The molecule has 1 atom stereocenters. The van der Waals surface area contributed by atoms with E-state index in [1.807, 2.05) is 36.7 Å². The van der Waals surface area contributed by atoms with Crippen molar-refractivity contribution < 1.29 is 9.47 Å². The molecular weight excluding hydrogens is 334 g/mol. The zero-order valence-corrected chi connectivity index (χ0v) is 14.3. The standard InChI is InChI=1S/C15H20BrN3O2/c1-5-19-11(8-9(2)18-19)14(17)10-6-7-12(20-3)13(16)15(10)21-4/h6-8,14H,5,17H2,1-4H3. The van der Waals surface area contributed by atoms with Gasteiger partial charge < -0.3 is 15.2 Å². The van der Waals surface area contributed by atoms with Crippen LogP contribution >= 0.6 is 15.9 Å². The van der Waals surface area contributed by atoms with E-state index in [-0.39, 0.29) is 6.04 Å². The van der Waals surface area contributed by atoms with Gasteiger partial charge in [-0.25, -0.2) is 0 Å². The van der Waals surface area contributed by atoms with Crippen LogP contribution in [-0.4, -0.2) is 24.0 Å². The first-order valence-electron chi connectivity index (χ1n) is 6.73. The minimum atomic E-state index is -0.316. The summed E-state index contributed by atoms with van der Waals surface area (Å²) in [6.45, 7) is 4.78. The van der Waals surface area contributed by atoms with E-state index in [0.29, 0.717) is 11.5 Å². The Hall–Kier alpha value is -1.53. The molecule has 0 saturated carbocycles. The van der Waals surface area contributed by atoms with Crippen LogP contribution in [0.5, 0.6) is 11.5 Å². The molecule has 2 aromatic rings. The molecule has 1 aromatic heterocycles. The number of methoxy groups -OCH3 is 2. The lowest BCUT2D eigenvalue weighted by molar-refractivity contribution is 0.384. The van der Waals surface area contributed by atoms with Gasteiger partial charge in [0, 0.05) is 12.1 Å². The molecular formula is C15H20BrN3O2. The lowest BCUT2D eigenvalue weighted by Gasteiger charge is -2.19. The van der Waals surface area contributed by atoms with Crippen LogP contribution in [0.25, 0.3) is 0 Å². The number of hydrogen-bond acceptors (Lipinski definition) is 4. The number of nitrogens with zero attached hydrogens (tertiary/aromatic N) is 2. The van der Waals surface area contributed by atoms with E-state index in [9.17, 15) is 0 Å². The van der Waals surface area contributed by atoms with Gasteiger partial charge in [0.05, 0.1) is 31.6 Å². The van der Waals surface area contributed by atoms with Crippen molar-refractivity contribution in [2.24, 2.45) is 5.73 Å². The summed E-state index contributed by atoms with van der Waals surface area (Å²) in [7, 11) is 3.24. The fourth-order valence-corrected chi connectivity index (χ4v) is 3.08. The minimum absolute atomic E-state index is 0.316. The molecule has 0 spiro atoms. The molecule has 0 aliphatic rings. The summed E-state index contributed by atoms with van der Waals surface area (Å²) < 4.78 is 13.5. The minimum Gasteiger partial charge on any atom is -0.495 e. The molecule has 0 radical (unpaired) electrons. The smallest absolute Gasteiger partial charge is 0.141 e. The molecule has 21 heavy (non-hydrogen) atoms. The van der Waals surface area contributed by atoms with Crippen molar-refractivity contribution in [3.8, 4) is 11.5 Å². The van der Waals surface area contributed by atoms with E-state index in [1.54, 1.807) is 14.2 Å². The highest BCUT2D eigenvalue weighted by Gasteiger charge is 2.22. The summed E-state index contributed by atoms with van der Waals surface area (Å²) in [4.78, 5) is 0. The fourth-order valence-electron chi connectivity index (χ4n) is 2.39. The Morgan fingerprint density at radius 3 is 2.62 bits per heavy atom. The second-order valence-corrected chi connectivity index (χ2v) is 5.50. The molecule has 0 amide bonds. The summed E-state index contributed by atoms with van der Waals surface area (Å²) in [6, 6.07) is 5.49. The lowest BCUT2D eigenvalue weighted by Crippen LogP contribution is -2.18. The summed E-state index contributed by atoms with van der Waals surface area (Å²) in [5, 5.41) is 4.45. The second-order valence-electron chi connectivity index (χ2n) is 4.71. The Kier molecular flexibility index (Phi) is 4.90. The largest absolute Gasteiger partial charge is 0.495 e. The van der Waals surface area contributed by atoms with Crippen LogP contribution in [0.1, 0.15) is 29.9 Å². The number of benzene rings is 1. The zero-order chi connectivity index (χ0) is 15.6. The van der Waals surface area contributed by atoms with E-state index in [2.05, 4.69) is 21.0 Å². The maximum Gasteiger partial charge on any atom is 0.141 e. The normalized spacial score (nSPS) is 12.3. The molecule has 0 aliphatic heterocycles. The topological polar surface area (TPSA) is 62.3 Å². The third-order valence-electron chi connectivity index (χ3n) is 3.40. The van der Waals surface area contributed by atoms with Crippen molar-refractivity contribution in [2.75, 3.05) is 14.2 Å². The van der Waals surface area contributed by atoms with Gasteiger partial charge in [-0.1, -0.05) is 0 Å². The Morgan fingerprint density at radius 1 is 1.33 bits per heavy atom. The number of aromatic nitrogens is 2. The third-order valence-corrected chi connectivity index (χ3v) is 4.15. The molecule has 5 nitrogen and oxygen atoms in total. The van der Waals surface area contributed by atoms with Crippen molar-refractivity contribution >= 4 is 15.9 Å². The van der Waals surface area contributed by atoms with Crippen LogP contribution in [0.3, 0.4) is 0 Å². The Morgan fingerprint density at radius 2 is 2.05 bits per heavy atom. The number of nitrogens with two attached hydrogens (primary N) is 1. The van der Waals surface area contributed by atoms with Crippen LogP contribution < -0.4 is 15.2 Å². The molecule has 0 saturated heterocycles. The molecule has 1 aromatic carbocycles. The van der Waals surface area contributed by atoms with Gasteiger partial charge in [0.15, 0.2) is 0 Å². The highest BCUT2D eigenvalue weighted by molar-refractivity contribution is 9.10. The molecule has 0 fully saturated rings. The lowest BCUT2D eigenvalue weighted by atomic mass is 10.0. The monoisotopic (exact) mass is 353 g/mol. The first-order valence-corrected chi connectivity index (χ1v) is 7.53. The van der Waals surface area contributed by atoms with Gasteiger partial charge in [-0.2, -0.15) is 5.10 Å². The van der Waals surface area contributed by atoms with Crippen LogP contribution in [-0.2, 0) is 6.54 Å². The molecule has 0 aliphatic carbocycles.